The monoisotopic (exact) mass is 368 g/mol. The number of hydrogen-bond acceptors (Lipinski definition) is 6. The van der Waals surface area contributed by atoms with Gasteiger partial charge in [-0.2, -0.15) is 0 Å². The van der Waals surface area contributed by atoms with Crippen molar-refractivity contribution < 1.29 is 29.6 Å². The van der Waals surface area contributed by atoms with Gasteiger partial charge in [-0.15, -0.1) is 0 Å². The van der Waals surface area contributed by atoms with Crippen molar-refractivity contribution in [1.82, 2.24) is 0 Å². The minimum atomic E-state index is -1.58. The molecule has 0 spiro atoms. The van der Waals surface area contributed by atoms with Crippen LogP contribution in [0.5, 0.6) is 11.5 Å². The Morgan fingerprint density at radius 2 is 1.92 bits per heavy atom. The fourth-order valence-corrected chi connectivity index (χ4v) is 2.28. The predicted octanol–water partition coefficient (Wildman–Crippen LogP) is 3.23. The number of carbonyl (C=O) groups excluding carboxylic acids is 2. The van der Waals surface area contributed by atoms with Crippen molar-refractivity contribution >= 4 is 29.4 Å². The topological polar surface area (TPSA) is 104 Å². The van der Waals surface area contributed by atoms with E-state index in [0.717, 1.165) is 6.08 Å². The van der Waals surface area contributed by atoms with Crippen LogP contribution in [0.1, 0.15) is 43.1 Å². The summed E-state index contributed by atoms with van der Waals surface area (Å²) in [4.78, 5) is 24.2. The molecule has 1 aromatic rings. The van der Waals surface area contributed by atoms with Crippen LogP contribution in [0, 0.1) is 0 Å². The molecule has 136 valence electrons. The summed E-state index contributed by atoms with van der Waals surface area (Å²) in [6.07, 6.45) is 2.74. The van der Waals surface area contributed by atoms with Crippen LogP contribution in [-0.4, -0.2) is 39.8 Å². The summed E-state index contributed by atoms with van der Waals surface area (Å²) in [5.41, 5.74) is -0.140. The van der Waals surface area contributed by atoms with E-state index >= 15 is 0 Å². The molecule has 0 heterocycles. The van der Waals surface area contributed by atoms with E-state index in [1.165, 1.54) is 18.2 Å². The molecule has 0 radical (unpaired) electrons. The van der Waals surface area contributed by atoms with Crippen molar-refractivity contribution in [2.24, 2.45) is 0 Å². The van der Waals surface area contributed by atoms with Crippen molar-refractivity contribution in [3.05, 3.63) is 39.9 Å². The fourth-order valence-electron chi connectivity index (χ4n) is 2.07. The van der Waals surface area contributed by atoms with Crippen LogP contribution < -0.4 is 0 Å². The largest absolute Gasteiger partial charge is 0.504 e. The summed E-state index contributed by atoms with van der Waals surface area (Å²) in [7, 11) is 0. The number of esters is 1. The molecule has 3 N–H and O–H groups in total. The Bertz CT molecular complexity index is 721. The van der Waals surface area contributed by atoms with Crippen molar-refractivity contribution in [2.75, 3.05) is 6.61 Å². The van der Waals surface area contributed by atoms with E-state index in [-0.39, 0.29) is 28.3 Å². The smallest absolute Gasteiger partial charge is 0.338 e. The van der Waals surface area contributed by atoms with Gasteiger partial charge >= 0.3 is 5.97 Å². The second-order valence-electron chi connectivity index (χ2n) is 4.92. The maximum absolute atomic E-state index is 12.2. The number of aliphatic hydroxyl groups excluding tert-OH is 1. The minimum absolute atomic E-state index is 0.0763. The Labute approximate surface area is 151 Å². The summed E-state index contributed by atoms with van der Waals surface area (Å²) >= 11 is 5.79. The Kier molecular flexibility index (Phi) is 7.67. The second-order valence-corrected chi connectivity index (χ2v) is 5.33. The SMILES string of the molecule is CC.CCCOC(=O)/C1=C/c2cc(Cl)c(O)c(O)c2C(=O)C(O)C=C1. The normalized spacial score (nSPS) is 18.0. The molecule has 1 atom stereocenters. The number of hydrogen-bond donors (Lipinski definition) is 3. The molecular formula is C18H21ClO6. The zero-order valence-electron chi connectivity index (χ0n) is 14.2. The molecule has 1 unspecified atom stereocenters. The van der Waals surface area contributed by atoms with Crippen LogP contribution >= 0.6 is 11.6 Å². The second kappa shape index (κ2) is 9.25. The number of benzene rings is 1. The lowest BCUT2D eigenvalue weighted by molar-refractivity contribution is -0.138. The van der Waals surface area contributed by atoms with Gasteiger partial charge in [-0.1, -0.05) is 32.4 Å². The summed E-state index contributed by atoms with van der Waals surface area (Å²) in [6.45, 7) is 6.06. The molecule has 0 aromatic heterocycles. The van der Waals surface area contributed by atoms with Crippen LogP contribution in [0.4, 0.5) is 0 Å². The molecule has 1 aliphatic rings. The molecule has 1 aliphatic carbocycles. The maximum Gasteiger partial charge on any atom is 0.338 e. The molecule has 2 rings (SSSR count). The Morgan fingerprint density at radius 1 is 1.28 bits per heavy atom. The highest BCUT2D eigenvalue weighted by Gasteiger charge is 2.27. The van der Waals surface area contributed by atoms with E-state index in [1.54, 1.807) is 0 Å². The van der Waals surface area contributed by atoms with Crippen molar-refractivity contribution in [1.29, 1.82) is 0 Å². The van der Waals surface area contributed by atoms with E-state index in [4.69, 9.17) is 16.3 Å². The number of aliphatic hydroxyl groups is 1. The molecule has 0 saturated heterocycles. The lowest BCUT2D eigenvalue weighted by atomic mass is 9.94. The highest BCUT2D eigenvalue weighted by atomic mass is 35.5. The number of fused-ring (bicyclic) bond motifs is 1. The van der Waals surface area contributed by atoms with Gasteiger partial charge in [-0.3, -0.25) is 4.79 Å². The molecule has 7 heteroatoms. The first-order chi connectivity index (χ1) is 11.9. The fraction of sp³-hybridized carbons (Fsp3) is 0.333. The number of phenols is 2. The summed E-state index contributed by atoms with van der Waals surface area (Å²) in [5.74, 6) is -2.87. The Hall–Kier alpha value is -2.31. The standard InChI is InChI=1S/C16H15ClO6.C2H6/c1-2-5-23-16(22)8-3-4-11(18)14(20)12-9(6-8)7-10(17)13(19)15(12)21;1-2/h3-4,6-7,11,18-19,21H,2,5H2,1H3;1-2H3/b4-3?,8-6+;. The summed E-state index contributed by atoms with van der Waals surface area (Å²) < 4.78 is 5.02. The molecule has 0 saturated carbocycles. The van der Waals surface area contributed by atoms with Gasteiger partial charge in [0, 0.05) is 0 Å². The molecule has 0 aliphatic heterocycles. The van der Waals surface area contributed by atoms with E-state index in [9.17, 15) is 24.9 Å². The number of phenolic OH excluding ortho intramolecular Hbond substituents is 2. The van der Waals surface area contributed by atoms with E-state index in [1.807, 2.05) is 20.8 Å². The zero-order chi connectivity index (χ0) is 19.1. The molecular weight excluding hydrogens is 348 g/mol. The van der Waals surface area contributed by atoms with Gasteiger partial charge in [-0.05, 0) is 36.3 Å². The molecule has 6 nitrogen and oxygen atoms in total. The number of halogens is 1. The number of aromatic hydroxyl groups is 2. The van der Waals surface area contributed by atoms with Gasteiger partial charge in [0.25, 0.3) is 0 Å². The quantitative estimate of drug-likeness (QED) is 0.559. The van der Waals surface area contributed by atoms with Crippen molar-refractivity contribution in [3.8, 4) is 11.5 Å². The third kappa shape index (κ3) is 4.61. The number of ether oxygens (including phenoxy) is 1. The van der Waals surface area contributed by atoms with Crippen LogP contribution in [0.3, 0.4) is 0 Å². The lowest BCUT2D eigenvalue weighted by Crippen LogP contribution is -2.21. The molecule has 0 amide bonds. The van der Waals surface area contributed by atoms with E-state index < -0.39 is 29.4 Å². The minimum Gasteiger partial charge on any atom is -0.504 e. The first kappa shape index (κ1) is 20.7. The third-order valence-corrected chi connectivity index (χ3v) is 3.50. The summed E-state index contributed by atoms with van der Waals surface area (Å²) in [5, 5.41) is 29.3. The molecule has 0 fully saturated rings. The number of rotatable bonds is 3. The van der Waals surface area contributed by atoms with E-state index in [2.05, 4.69) is 0 Å². The molecule has 1 aromatic carbocycles. The molecule has 25 heavy (non-hydrogen) atoms. The van der Waals surface area contributed by atoms with Gasteiger partial charge in [0.05, 0.1) is 22.8 Å². The first-order valence-corrected chi connectivity index (χ1v) is 8.28. The van der Waals surface area contributed by atoms with Crippen LogP contribution in [0.15, 0.2) is 23.8 Å². The van der Waals surface area contributed by atoms with Gasteiger partial charge in [0.15, 0.2) is 17.3 Å². The predicted molar refractivity (Wildman–Crippen MR) is 94.8 cm³/mol. The number of Topliss-reactive ketones (excluding diaryl/α,β-unsaturated/α-hetero) is 1. The highest BCUT2D eigenvalue weighted by molar-refractivity contribution is 6.33. The van der Waals surface area contributed by atoms with Crippen LogP contribution in [0.2, 0.25) is 5.02 Å². The van der Waals surface area contributed by atoms with Gasteiger partial charge < -0.3 is 20.1 Å². The van der Waals surface area contributed by atoms with Crippen molar-refractivity contribution in [2.45, 2.75) is 33.3 Å². The first-order valence-electron chi connectivity index (χ1n) is 7.90. The molecule has 0 bridgehead atoms. The average molecular weight is 369 g/mol. The van der Waals surface area contributed by atoms with Crippen LogP contribution in [0.25, 0.3) is 6.08 Å². The zero-order valence-corrected chi connectivity index (χ0v) is 15.0. The van der Waals surface area contributed by atoms with Gasteiger partial charge in [0.1, 0.15) is 6.10 Å². The van der Waals surface area contributed by atoms with E-state index in [0.29, 0.717) is 6.42 Å². The average Bonchev–Trinajstić information content (AvgIpc) is 2.61. The number of carbonyl (C=O) groups is 2. The lowest BCUT2D eigenvalue weighted by Gasteiger charge is -2.15. The van der Waals surface area contributed by atoms with Crippen LogP contribution in [-0.2, 0) is 9.53 Å². The summed E-state index contributed by atoms with van der Waals surface area (Å²) in [6, 6.07) is 1.23. The third-order valence-electron chi connectivity index (χ3n) is 3.22. The Morgan fingerprint density at radius 3 is 2.52 bits per heavy atom. The van der Waals surface area contributed by atoms with Crippen molar-refractivity contribution in [3.63, 3.8) is 0 Å². The maximum atomic E-state index is 12.2. The Balaban J connectivity index is 0.00000151. The van der Waals surface area contributed by atoms with Gasteiger partial charge in [0.2, 0.25) is 0 Å². The van der Waals surface area contributed by atoms with Gasteiger partial charge in [-0.25, -0.2) is 4.79 Å². The number of ketones is 1. The highest BCUT2D eigenvalue weighted by Crippen LogP contribution is 2.40.